The molecule has 2 atom stereocenters. The first-order chi connectivity index (χ1) is 15.1. The van der Waals surface area contributed by atoms with Crippen LogP contribution in [0.4, 0.5) is 0 Å². The maximum atomic E-state index is 6.67. The molecule has 1 N–H and O–H groups in total. The zero-order valence-corrected chi connectivity index (χ0v) is 20.5. The molecule has 0 aromatic heterocycles. The first-order valence-corrected chi connectivity index (χ1v) is 11.4. The van der Waals surface area contributed by atoms with E-state index < -0.39 is 5.60 Å². The van der Waals surface area contributed by atoms with Crippen LogP contribution < -0.4 is 5.32 Å². The fraction of sp³-hybridized carbons (Fsp3) is 0.280. The summed E-state index contributed by atoms with van der Waals surface area (Å²) in [5, 5.41) is 5.20. The van der Waals surface area contributed by atoms with Gasteiger partial charge >= 0.3 is 0 Å². The SMILES string of the molecule is Cl.Clc1ccc([C@@]2(OCc3ccccc3)CCNC[C@@H]2OCc2ccc(Cl)c(Cl)c2)cc1. The van der Waals surface area contributed by atoms with E-state index in [0.29, 0.717) is 34.8 Å². The normalized spacial score (nSPS) is 20.5. The number of halogens is 4. The van der Waals surface area contributed by atoms with E-state index in [4.69, 9.17) is 44.3 Å². The molecular formula is C25H25Cl4NO2. The van der Waals surface area contributed by atoms with Crippen molar-refractivity contribution < 1.29 is 9.47 Å². The second kappa shape index (κ2) is 11.7. The molecule has 1 fully saturated rings. The quantitative estimate of drug-likeness (QED) is 0.367. The maximum absolute atomic E-state index is 6.67. The summed E-state index contributed by atoms with van der Waals surface area (Å²) in [7, 11) is 0. The predicted octanol–water partition coefficient (Wildman–Crippen LogP) is 7.06. The molecular weight excluding hydrogens is 488 g/mol. The zero-order valence-electron chi connectivity index (χ0n) is 17.4. The maximum Gasteiger partial charge on any atom is 0.122 e. The van der Waals surface area contributed by atoms with Gasteiger partial charge in [0.05, 0.1) is 23.3 Å². The average molecular weight is 513 g/mol. The van der Waals surface area contributed by atoms with Gasteiger partial charge in [0, 0.05) is 11.6 Å². The molecule has 0 bridgehead atoms. The van der Waals surface area contributed by atoms with Gasteiger partial charge in [0.15, 0.2) is 0 Å². The molecule has 4 rings (SSSR count). The third-order valence-electron chi connectivity index (χ3n) is 5.63. The minimum absolute atomic E-state index is 0. The zero-order chi connectivity index (χ0) is 21.7. The molecule has 1 saturated heterocycles. The van der Waals surface area contributed by atoms with E-state index in [-0.39, 0.29) is 18.5 Å². The summed E-state index contributed by atoms with van der Waals surface area (Å²) in [5.41, 5.74) is 2.56. The minimum Gasteiger partial charge on any atom is -0.369 e. The molecule has 0 spiro atoms. The van der Waals surface area contributed by atoms with Crippen molar-refractivity contribution in [2.24, 2.45) is 0 Å². The Labute approximate surface area is 210 Å². The molecule has 1 heterocycles. The van der Waals surface area contributed by atoms with Crippen LogP contribution in [0.25, 0.3) is 0 Å². The van der Waals surface area contributed by atoms with Gasteiger partial charge in [-0.05, 0) is 53.9 Å². The van der Waals surface area contributed by atoms with Crippen molar-refractivity contribution in [1.82, 2.24) is 5.32 Å². The topological polar surface area (TPSA) is 30.5 Å². The lowest BCUT2D eigenvalue weighted by Gasteiger charge is -2.44. The lowest BCUT2D eigenvalue weighted by Crippen LogP contribution is -2.54. The summed E-state index contributed by atoms with van der Waals surface area (Å²) >= 11 is 18.4. The molecule has 0 aliphatic carbocycles. The van der Waals surface area contributed by atoms with Crippen molar-refractivity contribution in [2.75, 3.05) is 13.1 Å². The minimum atomic E-state index is -0.595. The van der Waals surface area contributed by atoms with E-state index in [1.54, 1.807) is 6.07 Å². The third kappa shape index (κ3) is 5.98. The van der Waals surface area contributed by atoms with E-state index in [1.165, 1.54) is 0 Å². The van der Waals surface area contributed by atoms with E-state index in [2.05, 4.69) is 17.4 Å². The van der Waals surface area contributed by atoms with Crippen molar-refractivity contribution in [3.8, 4) is 0 Å². The number of ether oxygens (including phenoxy) is 2. The molecule has 0 saturated carbocycles. The molecule has 7 heteroatoms. The van der Waals surface area contributed by atoms with Crippen LogP contribution in [0.2, 0.25) is 15.1 Å². The average Bonchev–Trinajstić information content (AvgIpc) is 2.80. The summed E-state index contributed by atoms with van der Waals surface area (Å²) in [4.78, 5) is 0. The highest BCUT2D eigenvalue weighted by Gasteiger charge is 2.44. The smallest absolute Gasteiger partial charge is 0.122 e. The van der Waals surface area contributed by atoms with Crippen LogP contribution in [-0.2, 0) is 28.3 Å². The highest BCUT2D eigenvalue weighted by atomic mass is 35.5. The predicted molar refractivity (Wildman–Crippen MR) is 134 cm³/mol. The van der Waals surface area contributed by atoms with Gasteiger partial charge in [-0.15, -0.1) is 12.4 Å². The van der Waals surface area contributed by atoms with E-state index in [9.17, 15) is 0 Å². The second-order valence-electron chi connectivity index (χ2n) is 7.67. The van der Waals surface area contributed by atoms with Gasteiger partial charge in [-0.2, -0.15) is 0 Å². The van der Waals surface area contributed by atoms with Crippen molar-refractivity contribution in [3.63, 3.8) is 0 Å². The first kappa shape index (κ1) is 25.3. The van der Waals surface area contributed by atoms with Crippen LogP contribution in [0.5, 0.6) is 0 Å². The Kier molecular flexibility index (Phi) is 9.27. The number of benzene rings is 3. The lowest BCUT2D eigenvalue weighted by molar-refractivity contribution is -0.176. The van der Waals surface area contributed by atoms with Crippen molar-refractivity contribution in [2.45, 2.75) is 31.3 Å². The second-order valence-corrected chi connectivity index (χ2v) is 8.92. The number of piperidine rings is 1. The highest BCUT2D eigenvalue weighted by molar-refractivity contribution is 6.42. The van der Waals surface area contributed by atoms with Gasteiger partial charge in [-0.1, -0.05) is 83.3 Å². The van der Waals surface area contributed by atoms with E-state index in [0.717, 1.165) is 29.7 Å². The molecule has 3 aromatic rings. The van der Waals surface area contributed by atoms with Crippen molar-refractivity contribution in [1.29, 1.82) is 0 Å². The summed E-state index contributed by atoms with van der Waals surface area (Å²) in [5.74, 6) is 0. The molecule has 0 amide bonds. The molecule has 1 aliphatic rings. The summed E-state index contributed by atoms with van der Waals surface area (Å²) in [6.07, 6.45) is 0.591. The van der Waals surface area contributed by atoms with Crippen LogP contribution in [-0.4, -0.2) is 19.2 Å². The molecule has 3 aromatic carbocycles. The van der Waals surface area contributed by atoms with Crippen LogP contribution in [0.3, 0.4) is 0 Å². The van der Waals surface area contributed by atoms with E-state index in [1.807, 2.05) is 54.6 Å². The van der Waals surface area contributed by atoms with Crippen LogP contribution in [0.15, 0.2) is 72.8 Å². The van der Waals surface area contributed by atoms with Gasteiger partial charge in [-0.25, -0.2) is 0 Å². The molecule has 0 unspecified atom stereocenters. The summed E-state index contributed by atoms with van der Waals surface area (Å²) < 4.78 is 13.1. The Morgan fingerprint density at radius 2 is 1.59 bits per heavy atom. The van der Waals surface area contributed by atoms with Crippen molar-refractivity contribution in [3.05, 3.63) is 105 Å². The van der Waals surface area contributed by atoms with Gasteiger partial charge in [0.1, 0.15) is 11.7 Å². The first-order valence-electron chi connectivity index (χ1n) is 10.3. The fourth-order valence-corrected chi connectivity index (χ4v) is 4.40. The van der Waals surface area contributed by atoms with Crippen LogP contribution >= 0.6 is 47.2 Å². The van der Waals surface area contributed by atoms with Crippen LogP contribution in [0, 0.1) is 0 Å². The molecule has 32 heavy (non-hydrogen) atoms. The Morgan fingerprint density at radius 1 is 0.844 bits per heavy atom. The summed E-state index contributed by atoms with van der Waals surface area (Å²) in [6, 6.07) is 23.6. The van der Waals surface area contributed by atoms with Gasteiger partial charge in [0.2, 0.25) is 0 Å². The number of rotatable bonds is 7. The monoisotopic (exact) mass is 511 g/mol. The standard InChI is InChI=1S/C25H24Cl3NO2.ClH/c26-21-9-7-20(8-10-21)25(31-17-18-4-2-1-3-5-18)12-13-29-15-24(25)30-16-19-6-11-22(27)23(28)14-19;/h1-11,14,24,29H,12-13,15-17H2;1H/t24-,25-;/m0./s1. The highest BCUT2D eigenvalue weighted by Crippen LogP contribution is 2.39. The molecule has 170 valence electrons. The fourth-order valence-electron chi connectivity index (χ4n) is 3.95. The number of nitrogens with one attached hydrogen (secondary N) is 1. The Hall–Kier alpha value is -1.30. The Bertz CT molecular complexity index is 1000. The number of hydrogen-bond donors (Lipinski definition) is 1. The Balaban J connectivity index is 0.00000289. The molecule has 3 nitrogen and oxygen atoms in total. The van der Waals surface area contributed by atoms with Gasteiger partial charge in [-0.3, -0.25) is 0 Å². The summed E-state index contributed by atoms with van der Waals surface area (Å²) in [6.45, 7) is 2.42. The molecule has 0 radical (unpaired) electrons. The lowest BCUT2D eigenvalue weighted by atomic mass is 9.82. The third-order valence-corrected chi connectivity index (χ3v) is 6.62. The largest absolute Gasteiger partial charge is 0.369 e. The van der Waals surface area contributed by atoms with Gasteiger partial charge < -0.3 is 14.8 Å². The molecule has 1 aliphatic heterocycles. The number of hydrogen-bond acceptors (Lipinski definition) is 3. The Morgan fingerprint density at radius 3 is 2.31 bits per heavy atom. The van der Waals surface area contributed by atoms with E-state index >= 15 is 0 Å². The van der Waals surface area contributed by atoms with Gasteiger partial charge in [0.25, 0.3) is 0 Å². The van der Waals surface area contributed by atoms with Crippen LogP contribution in [0.1, 0.15) is 23.1 Å². The van der Waals surface area contributed by atoms with Crippen molar-refractivity contribution >= 4 is 47.2 Å².